The van der Waals surface area contributed by atoms with Crippen LogP contribution in [0.1, 0.15) is 225 Å². The molecule has 0 spiro atoms. The van der Waals surface area contributed by atoms with Gasteiger partial charge in [0, 0.05) is 35.9 Å². The van der Waals surface area contributed by atoms with E-state index in [4.69, 9.17) is 33.7 Å². The van der Waals surface area contributed by atoms with Crippen LogP contribution in [-0.2, 0) is 69.9 Å². The number of ether oxygens (including phenoxy) is 5. The van der Waals surface area contributed by atoms with E-state index in [-0.39, 0.29) is 31.4 Å². The predicted octanol–water partition coefficient (Wildman–Crippen LogP) is 11.5. The van der Waals surface area contributed by atoms with E-state index < -0.39 is 135 Å². The standard InChI is InChI=1S/C52H92BF2N5O19P3/c1-4-6-8-10-12-14-16-18-20-22-24-26-28-30-46(61)73-38-42(77-49(64)31-29-27-25-23-21-19-17-15-13-11-9-7-5-2)39-74-48(63)33-32-47(62)72-34-35-75-80(67,68)52(54,55)81(69,70)79-82(53,71)76-40-44-43(58-59-56)36-45(78-44)60-37-41(3)50(65)57-51(60)66/h37,42-45H,4-36,38-40H2,1-3,53H3,(H,67,68)(H,69,70)(H,57,65,66)/q-1/t42?,43-,44-,45-,82?/m1/s1. The highest BCUT2D eigenvalue weighted by Gasteiger charge is 2.67. The minimum atomic E-state index is -6.67. The van der Waals surface area contributed by atoms with Gasteiger partial charge in [0.05, 0.1) is 45.8 Å². The van der Waals surface area contributed by atoms with Gasteiger partial charge in [-0.3, -0.25) is 47.0 Å². The molecule has 0 radical (unpaired) electrons. The van der Waals surface area contributed by atoms with Crippen molar-refractivity contribution in [2.75, 3.05) is 33.0 Å². The van der Waals surface area contributed by atoms with Crippen molar-refractivity contribution in [3.8, 4) is 0 Å². The molecule has 1 aliphatic rings. The van der Waals surface area contributed by atoms with E-state index in [1.807, 2.05) is 0 Å². The van der Waals surface area contributed by atoms with Crippen molar-refractivity contribution in [1.29, 1.82) is 0 Å². The van der Waals surface area contributed by atoms with Gasteiger partial charge in [-0.05, 0) is 25.3 Å². The van der Waals surface area contributed by atoms with Crippen LogP contribution in [0.4, 0.5) is 8.78 Å². The van der Waals surface area contributed by atoms with Gasteiger partial charge in [0.2, 0.25) is 0 Å². The van der Waals surface area contributed by atoms with Crippen LogP contribution in [-0.4, -0.2) is 107 Å². The number of esters is 4. The highest BCUT2D eigenvalue weighted by atomic mass is 31.3. The molecule has 0 aliphatic carbocycles. The summed E-state index contributed by atoms with van der Waals surface area (Å²) in [5, 5.41) is -2.08. The first-order valence-electron chi connectivity index (χ1n) is 28.8. The Hall–Kier alpha value is -3.76. The Kier molecular flexibility index (Phi) is 37.5. The minimum Gasteiger partial charge on any atom is -0.463 e. The number of H-pyrrole nitrogens is 1. The van der Waals surface area contributed by atoms with Crippen LogP contribution in [0.25, 0.3) is 10.4 Å². The molecule has 472 valence electrons. The first kappa shape index (κ1) is 74.3. The summed E-state index contributed by atoms with van der Waals surface area (Å²) in [4.78, 5) is 99.7. The second-order valence-electron chi connectivity index (χ2n) is 20.3. The maximum absolute atomic E-state index is 15.2. The van der Waals surface area contributed by atoms with Crippen LogP contribution < -0.4 is 11.2 Å². The lowest BCUT2D eigenvalue weighted by Gasteiger charge is -2.29. The molecular formula is C52H92BF2N5O19P3-. The van der Waals surface area contributed by atoms with E-state index in [1.165, 1.54) is 116 Å². The number of hydrogen-bond donors (Lipinski definition) is 3. The molecular weight excluding hydrogens is 1140 g/mol. The van der Waals surface area contributed by atoms with E-state index in [0.29, 0.717) is 12.8 Å². The summed E-state index contributed by atoms with van der Waals surface area (Å²) < 4.78 is 110. The lowest BCUT2D eigenvalue weighted by Crippen LogP contribution is -2.33. The molecule has 4 unspecified atom stereocenters. The summed E-state index contributed by atoms with van der Waals surface area (Å²) >= 11 is 0. The van der Waals surface area contributed by atoms with E-state index in [2.05, 4.69) is 37.7 Å². The number of unbranched alkanes of at least 4 members (excludes halogenated alkanes) is 24. The Morgan fingerprint density at radius 2 is 1.15 bits per heavy atom. The molecule has 1 fully saturated rings. The second-order valence-corrected chi connectivity index (χ2v) is 25.5. The maximum atomic E-state index is 15.2. The van der Waals surface area contributed by atoms with Gasteiger partial charge in [0.15, 0.2) is 13.6 Å². The average Bonchev–Trinajstić information content (AvgIpc) is 3.83. The van der Waals surface area contributed by atoms with E-state index in [9.17, 15) is 52.2 Å². The molecule has 2 rings (SSSR count). The van der Waals surface area contributed by atoms with Crippen LogP contribution in [0.3, 0.4) is 0 Å². The summed E-state index contributed by atoms with van der Waals surface area (Å²) in [6, 6.07) is -1.11. The Labute approximate surface area is 481 Å². The number of aromatic nitrogens is 2. The van der Waals surface area contributed by atoms with Crippen LogP contribution in [0.15, 0.2) is 20.9 Å². The third kappa shape index (κ3) is 30.9. The van der Waals surface area contributed by atoms with Crippen LogP contribution >= 0.6 is 22.7 Å². The molecule has 0 aromatic carbocycles. The first-order chi connectivity index (χ1) is 39.0. The third-order valence-corrected chi connectivity index (χ3v) is 18.5. The molecule has 2 heterocycles. The number of hydrogen-bond acceptors (Lipinski definition) is 18. The fraction of sp³-hybridized carbons (Fsp3) is 0.846. The Morgan fingerprint density at radius 1 is 0.707 bits per heavy atom. The summed E-state index contributed by atoms with van der Waals surface area (Å²) in [7, 11) is -19.9. The molecule has 82 heavy (non-hydrogen) atoms. The maximum Gasteiger partial charge on any atom is 0.444 e. The number of rotatable bonds is 49. The molecule has 7 atom stereocenters. The first-order valence-corrected chi connectivity index (χ1v) is 33.1. The number of nitrogens with zero attached hydrogens (tertiary/aromatic N) is 4. The number of carbonyl (C=O) groups excluding carboxylic acids is 4. The second kappa shape index (κ2) is 41.3. The number of halogens is 2. The van der Waals surface area contributed by atoms with Gasteiger partial charge in [-0.15, -0.1) is 0 Å². The van der Waals surface area contributed by atoms with Crippen molar-refractivity contribution in [1.82, 2.24) is 9.55 Å². The highest BCUT2D eigenvalue weighted by molar-refractivity contribution is 7.86. The molecule has 1 saturated heterocycles. The summed E-state index contributed by atoms with van der Waals surface area (Å²) in [6.07, 6.45) is 26.0. The fourth-order valence-corrected chi connectivity index (χ4v) is 12.4. The van der Waals surface area contributed by atoms with Gasteiger partial charge in [0.25, 0.3) is 5.56 Å². The molecule has 0 bridgehead atoms. The molecule has 0 saturated carbocycles. The van der Waals surface area contributed by atoms with Crippen molar-refractivity contribution in [3.63, 3.8) is 0 Å². The molecule has 24 nitrogen and oxygen atoms in total. The van der Waals surface area contributed by atoms with Gasteiger partial charge >= 0.3 is 50.2 Å². The topological polar surface area (TPSA) is 337 Å². The van der Waals surface area contributed by atoms with Crippen molar-refractivity contribution < 1.29 is 88.5 Å². The fourth-order valence-electron chi connectivity index (χ4n) is 8.60. The van der Waals surface area contributed by atoms with Crippen LogP contribution in [0.5, 0.6) is 0 Å². The van der Waals surface area contributed by atoms with Gasteiger partial charge < -0.3 is 47.1 Å². The van der Waals surface area contributed by atoms with Gasteiger partial charge in [0.1, 0.15) is 26.0 Å². The number of aryl methyl sites for hydroxylation is 1. The molecule has 3 N–H and O–H groups in total. The molecule has 1 aromatic rings. The van der Waals surface area contributed by atoms with Crippen LogP contribution in [0.2, 0.25) is 0 Å². The van der Waals surface area contributed by atoms with Crippen LogP contribution in [0, 0.1) is 6.92 Å². The quantitative estimate of drug-likeness (QED) is 0.00797. The lowest BCUT2D eigenvalue weighted by molar-refractivity contribution is -0.167. The van der Waals surface area contributed by atoms with E-state index in [1.54, 1.807) is 0 Å². The summed E-state index contributed by atoms with van der Waals surface area (Å²) in [6.45, 7) is 1.91. The highest BCUT2D eigenvalue weighted by Crippen LogP contribution is 2.79. The van der Waals surface area contributed by atoms with Gasteiger partial charge in [-0.2, -0.15) is 8.78 Å². The Bertz CT molecular complexity index is 2380. The largest absolute Gasteiger partial charge is 0.463 e. The number of carbonyl (C=O) groups is 4. The van der Waals surface area contributed by atoms with Crippen molar-refractivity contribution >= 4 is 54.1 Å². The zero-order valence-electron chi connectivity index (χ0n) is 47.6. The summed E-state index contributed by atoms with van der Waals surface area (Å²) in [5.41, 5.74) is 7.59. The van der Waals surface area contributed by atoms with Crippen molar-refractivity contribution in [2.45, 2.75) is 250 Å². The zero-order valence-corrected chi connectivity index (χ0v) is 50.2. The zero-order chi connectivity index (χ0) is 60.9. The molecule has 1 aromatic heterocycles. The minimum absolute atomic E-state index is 0.106. The number of nitrogens with one attached hydrogen (secondary N) is 1. The molecule has 0 amide bonds. The Morgan fingerprint density at radius 3 is 1.62 bits per heavy atom. The normalized spacial score (nSPS) is 17.9. The Balaban J connectivity index is 1.82. The van der Waals surface area contributed by atoms with Crippen molar-refractivity contribution in [2.24, 2.45) is 5.11 Å². The SMILES string of the molecule is [BH3-]P(=O)(OC[C@H]1O[C@@H](n2cc(C)c(=O)[nH]c2=O)C[C@H]1N=[N+]=[N-])OP(=O)(O)C(F)(F)P(=O)(O)OCCOC(=O)CCC(=O)OCC(COC(=O)CCCCCCCCCCCCCCC)OC(=O)CCCCCCCCCCCCCCC. The average molecular weight is 1230 g/mol. The predicted molar refractivity (Wildman–Crippen MR) is 305 cm³/mol. The molecule has 1 aliphatic heterocycles. The molecule has 30 heteroatoms. The van der Waals surface area contributed by atoms with Crippen molar-refractivity contribution in [3.05, 3.63) is 43.0 Å². The smallest absolute Gasteiger partial charge is 0.444 e. The number of aromatic amines is 1. The van der Waals surface area contributed by atoms with E-state index >= 15 is 8.78 Å². The summed E-state index contributed by atoms with van der Waals surface area (Å²) in [5.74, 6) is -3.12. The number of azide groups is 1. The van der Waals surface area contributed by atoms with E-state index in [0.717, 1.165) is 55.9 Å². The monoisotopic (exact) mass is 1230 g/mol. The lowest BCUT2D eigenvalue weighted by atomic mass is 10.0. The van der Waals surface area contributed by atoms with Gasteiger partial charge in [-0.25, -0.2) is 4.79 Å². The number of alkyl halides is 2. The van der Waals surface area contributed by atoms with Gasteiger partial charge in [-0.1, -0.05) is 173 Å². The third-order valence-electron chi connectivity index (χ3n) is 13.3.